The summed E-state index contributed by atoms with van der Waals surface area (Å²) in [6.07, 6.45) is -4.93. The first-order chi connectivity index (χ1) is 8.21. The zero-order valence-electron chi connectivity index (χ0n) is 8.67. The summed E-state index contributed by atoms with van der Waals surface area (Å²) in [6, 6.07) is 3.01. The molecule has 0 bridgehead atoms. The van der Waals surface area contributed by atoms with Crippen LogP contribution in [0.4, 0.5) is 17.6 Å². The van der Waals surface area contributed by atoms with Gasteiger partial charge in [0.2, 0.25) is 0 Å². The fraction of sp³-hybridized carbons (Fsp3) is 0.300. The number of rotatable bonds is 4. The zero-order valence-corrected chi connectivity index (χ0v) is 9.43. The van der Waals surface area contributed by atoms with E-state index in [4.69, 9.17) is 16.7 Å². The minimum Gasteiger partial charge on any atom is -0.492 e. The summed E-state index contributed by atoms with van der Waals surface area (Å²) in [5, 5.41) is 8.18. The Bertz CT molecular complexity index is 447. The van der Waals surface area contributed by atoms with Gasteiger partial charge < -0.3 is 9.84 Å². The third kappa shape index (κ3) is 3.76. The number of carboxylic acid groups (broad SMARTS) is 1. The molecule has 100 valence electrons. The molecule has 0 aromatic heterocycles. The third-order valence-electron chi connectivity index (χ3n) is 2.00. The Kier molecular flexibility index (Phi) is 4.39. The summed E-state index contributed by atoms with van der Waals surface area (Å²) in [5.74, 6) is -5.83. The maximum atomic E-state index is 12.9. The van der Waals surface area contributed by atoms with Gasteiger partial charge in [0, 0.05) is 6.07 Å². The topological polar surface area (TPSA) is 46.5 Å². The van der Waals surface area contributed by atoms with E-state index in [0.29, 0.717) is 0 Å². The Morgan fingerprint density at radius 1 is 1.44 bits per heavy atom. The predicted octanol–water partition coefficient (Wildman–Crippen LogP) is 3.12. The molecule has 0 heterocycles. The molecule has 0 aliphatic heterocycles. The van der Waals surface area contributed by atoms with Crippen molar-refractivity contribution in [2.75, 3.05) is 6.61 Å². The monoisotopic (exact) mass is 286 g/mol. The van der Waals surface area contributed by atoms with E-state index >= 15 is 0 Å². The summed E-state index contributed by atoms with van der Waals surface area (Å²) < 4.78 is 54.3. The second kappa shape index (κ2) is 5.43. The van der Waals surface area contributed by atoms with Crippen LogP contribution in [0.2, 0.25) is 5.02 Å². The number of halogens is 5. The van der Waals surface area contributed by atoms with Crippen molar-refractivity contribution in [1.29, 1.82) is 0 Å². The van der Waals surface area contributed by atoms with Crippen LogP contribution in [0.1, 0.15) is 0 Å². The van der Waals surface area contributed by atoms with Gasteiger partial charge in [-0.1, -0.05) is 11.6 Å². The van der Waals surface area contributed by atoms with Gasteiger partial charge in [0.1, 0.15) is 18.2 Å². The molecule has 3 nitrogen and oxygen atoms in total. The Hall–Kier alpha value is -1.50. The quantitative estimate of drug-likeness (QED) is 0.865. The SMILES string of the molecule is O=C(O)C(COc1ccc(Cl)c(F)c1)C(F)(F)F. The van der Waals surface area contributed by atoms with Gasteiger partial charge in [-0.05, 0) is 12.1 Å². The van der Waals surface area contributed by atoms with E-state index in [2.05, 4.69) is 4.74 Å². The van der Waals surface area contributed by atoms with E-state index in [1.807, 2.05) is 0 Å². The zero-order chi connectivity index (χ0) is 13.9. The van der Waals surface area contributed by atoms with Crippen molar-refractivity contribution in [1.82, 2.24) is 0 Å². The third-order valence-corrected chi connectivity index (χ3v) is 2.31. The number of benzene rings is 1. The summed E-state index contributed by atoms with van der Waals surface area (Å²) in [6.45, 7) is -1.14. The first-order valence-corrected chi connectivity index (χ1v) is 4.97. The minimum atomic E-state index is -4.93. The molecule has 18 heavy (non-hydrogen) atoms. The maximum absolute atomic E-state index is 12.9. The molecular weight excluding hydrogens is 280 g/mol. The Morgan fingerprint density at radius 2 is 2.06 bits per heavy atom. The first kappa shape index (κ1) is 14.6. The Morgan fingerprint density at radius 3 is 2.50 bits per heavy atom. The van der Waals surface area contributed by atoms with Gasteiger partial charge in [-0.25, -0.2) is 4.39 Å². The molecule has 0 fully saturated rings. The van der Waals surface area contributed by atoms with E-state index in [9.17, 15) is 22.4 Å². The van der Waals surface area contributed by atoms with Gasteiger partial charge in [-0.2, -0.15) is 13.2 Å². The van der Waals surface area contributed by atoms with Crippen LogP contribution in [0, 0.1) is 11.7 Å². The molecule has 1 atom stereocenters. The van der Waals surface area contributed by atoms with Crippen molar-refractivity contribution in [3.8, 4) is 5.75 Å². The fourth-order valence-corrected chi connectivity index (χ4v) is 1.17. The normalized spacial score (nSPS) is 13.2. The second-order valence-corrected chi connectivity index (χ2v) is 3.73. The molecule has 0 saturated heterocycles. The molecular formula is C10H7ClF4O3. The Labute approximate surface area is 104 Å². The predicted molar refractivity (Wildman–Crippen MR) is 54.1 cm³/mol. The molecule has 0 saturated carbocycles. The summed E-state index contributed by atoms with van der Waals surface area (Å²) >= 11 is 5.36. The molecule has 0 amide bonds. The molecule has 1 unspecified atom stereocenters. The lowest BCUT2D eigenvalue weighted by molar-refractivity contribution is -0.198. The lowest BCUT2D eigenvalue weighted by Gasteiger charge is -2.16. The number of hydrogen-bond donors (Lipinski definition) is 1. The number of carbonyl (C=O) groups is 1. The smallest absolute Gasteiger partial charge is 0.405 e. The van der Waals surface area contributed by atoms with Crippen molar-refractivity contribution in [3.63, 3.8) is 0 Å². The lowest BCUT2D eigenvalue weighted by Crippen LogP contribution is -2.35. The summed E-state index contributed by atoms with van der Waals surface area (Å²) in [5.41, 5.74) is 0. The summed E-state index contributed by atoms with van der Waals surface area (Å²) in [7, 11) is 0. The second-order valence-electron chi connectivity index (χ2n) is 3.32. The van der Waals surface area contributed by atoms with E-state index < -0.39 is 30.5 Å². The molecule has 0 aliphatic carbocycles. The van der Waals surface area contributed by atoms with Crippen molar-refractivity contribution in [2.24, 2.45) is 5.92 Å². The average Bonchev–Trinajstić information content (AvgIpc) is 2.21. The van der Waals surface area contributed by atoms with Crippen LogP contribution in [0.3, 0.4) is 0 Å². The number of alkyl halides is 3. The molecule has 0 radical (unpaired) electrons. The van der Waals surface area contributed by atoms with Crippen molar-refractivity contribution >= 4 is 17.6 Å². The lowest BCUT2D eigenvalue weighted by atomic mass is 10.1. The molecule has 0 spiro atoms. The maximum Gasteiger partial charge on any atom is 0.405 e. The van der Waals surface area contributed by atoms with Crippen LogP contribution in [-0.2, 0) is 4.79 Å². The van der Waals surface area contributed by atoms with Crippen LogP contribution in [0.25, 0.3) is 0 Å². The molecule has 1 aromatic rings. The largest absolute Gasteiger partial charge is 0.492 e. The van der Waals surface area contributed by atoms with Gasteiger partial charge in [0.15, 0.2) is 5.92 Å². The van der Waals surface area contributed by atoms with E-state index in [1.165, 1.54) is 0 Å². The van der Waals surface area contributed by atoms with E-state index in [-0.39, 0.29) is 10.8 Å². The first-order valence-electron chi connectivity index (χ1n) is 4.59. The van der Waals surface area contributed by atoms with Crippen molar-refractivity contribution in [2.45, 2.75) is 6.18 Å². The van der Waals surface area contributed by atoms with Crippen molar-refractivity contribution in [3.05, 3.63) is 29.0 Å². The van der Waals surface area contributed by atoms with Gasteiger partial charge in [0.05, 0.1) is 5.02 Å². The standard InChI is InChI=1S/C10H7ClF4O3/c11-7-2-1-5(3-8(7)12)18-4-6(9(16)17)10(13,14)15/h1-3,6H,4H2,(H,16,17). The number of carboxylic acids is 1. The Balaban J connectivity index is 2.73. The highest BCUT2D eigenvalue weighted by atomic mass is 35.5. The van der Waals surface area contributed by atoms with Crippen LogP contribution < -0.4 is 4.74 Å². The van der Waals surface area contributed by atoms with Crippen LogP contribution in [-0.4, -0.2) is 23.9 Å². The highest BCUT2D eigenvalue weighted by Crippen LogP contribution is 2.28. The molecule has 8 heteroatoms. The number of hydrogen-bond acceptors (Lipinski definition) is 2. The number of aliphatic carboxylic acids is 1. The molecule has 1 rings (SSSR count). The molecule has 1 aromatic carbocycles. The molecule has 1 N–H and O–H groups in total. The van der Waals surface area contributed by atoms with Gasteiger partial charge in [0.25, 0.3) is 0 Å². The fourth-order valence-electron chi connectivity index (χ4n) is 1.05. The van der Waals surface area contributed by atoms with E-state index in [1.54, 1.807) is 0 Å². The molecule has 0 aliphatic rings. The van der Waals surface area contributed by atoms with Crippen LogP contribution >= 0.6 is 11.6 Å². The van der Waals surface area contributed by atoms with Gasteiger partial charge >= 0.3 is 12.1 Å². The van der Waals surface area contributed by atoms with E-state index in [0.717, 1.165) is 18.2 Å². The highest BCUT2D eigenvalue weighted by molar-refractivity contribution is 6.30. The highest BCUT2D eigenvalue weighted by Gasteiger charge is 2.45. The van der Waals surface area contributed by atoms with Gasteiger partial charge in [-0.3, -0.25) is 4.79 Å². The van der Waals surface area contributed by atoms with Crippen LogP contribution in [0.5, 0.6) is 5.75 Å². The van der Waals surface area contributed by atoms with Gasteiger partial charge in [-0.15, -0.1) is 0 Å². The average molecular weight is 287 g/mol. The van der Waals surface area contributed by atoms with Crippen LogP contribution in [0.15, 0.2) is 18.2 Å². The van der Waals surface area contributed by atoms with Crippen molar-refractivity contribution < 1.29 is 32.2 Å². The number of ether oxygens (including phenoxy) is 1. The summed E-state index contributed by atoms with van der Waals surface area (Å²) in [4.78, 5) is 10.4. The minimum absolute atomic E-state index is 0.215.